The van der Waals surface area contributed by atoms with Gasteiger partial charge in [-0.05, 0) is 44.9 Å². The Hall–Kier alpha value is -1.85. The highest BCUT2D eigenvalue weighted by atomic mass is 16.6. The lowest BCUT2D eigenvalue weighted by atomic mass is 10.0. The van der Waals surface area contributed by atoms with Gasteiger partial charge < -0.3 is 14.2 Å². The quantitative estimate of drug-likeness (QED) is 0.0262. The molecule has 0 amide bonds. The van der Waals surface area contributed by atoms with Crippen molar-refractivity contribution >= 4 is 17.9 Å². The number of allylic oxidation sites excluding steroid dienone is 2. The van der Waals surface area contributed by atoms with Crippen molar-refractivity contribution in [2.24, 2.45) is 0 Å². The van der Waals surface area contributed by atoms with E-state index in [1.54, 1.807) is 0 Å². The van der Waals surface area contributed by atoms with Crippen molar-refractivity contribution in [2.75, 3.05) is 13.2 Å². The molecule has 0 fully saturated rings. The Morgan fingerprint density at radius 1 is 0.284 bits per heavy atom. The molecule has 0 bridgehead atoms. The fourth-order valence-corrected chi connectivity index (χ4v) is 9.21. The van der Waals surface area contributed by atoms with Crippen molar-refractivity contribution in [2.45, 2.75) is 348 Å². The zero-order valence-electron chi connectivity index (χ0n) is 45.5. The van der Waals surface area contributed by atoms with Crippen LogP contribution in [-0.2, 0) is 28.6 Å². The average molecular weight is 946 g/mol. The van der Waals surface area contributed by atoms with Gasteiger partial charge in [0.1, 0.15) is 13.2 Å². The number of esters is 3. The maximum Gasteiger partial charge on any atom is 0.306 e. The van der Waals surface area contributed by atoms with Gasteiger partial charge in [0.25, 0.3) is 0 Å². The van der Waals surface area contributed by atoms with Gasteiger partial charge in [0, 0.05) is 19.3 Å². The minimum Gasteiger partial charge on any atom is -0.462 e. The number of ether oxygens (including phenoxy) is 3. The molecule has 0 saturated carbocycles. The highest BCUT2D eigenvalue weighted by Gasteiger charge is 2.19. The molecule has 67 heavy (non-hydrogen) atoms. The van der Waals surface area contributed by atoms with Crippen LogP contribution >= 0.6 is 0 Å². The average Bonchev–Trinajstić information content (AvgIpc) is 3.33. The number of carbonyl (C=O) groups excluding carboxylic acids is 3. The van der Waals surface area contributed by atoms with Crippen LogP contribution in [-0.4, -0.2) is 37.2 Å². The van der Waals surface area contributed by atoms with E-state index in [1.165, 1.54) is 244 Å². The van der Waals surface area contributed by atoms with E-state index in [-0.39, 0.29) is 31.1 Å². The SMILES string of the molecule is CCCCCCCCC/C=C\CCCCCCCCCC(=O)OC(COC(=O)CCCCCCCCCCC)COC(=O)CCCCCCCCCCCCCCCCCCCCCCCC. The third-order valence-corrected chi connectivity index (χ3v) is 13.8. The zero-order chi connectivity index (χ0) is 48.6. The first kappa shape index (κ1) is 65.1. The van der Waals surface area contributed by atoms with Gasteiger partial charge in [0.15, 0.2) is 6.10 Å². The van der Waals surface area contributed by atoms with E-state index in [4.69, 9.17) is 14.2 Å². The summed E-state index contributed by atoms with van der Waals surface area (Å²) in [6.45, 7) is 6.68. The van der Waals surface area contributed by atoms with Crippen molar-refractivity contribution in [1.29, 1.82) is 0 Å². The summed E-state index contributed by atoms with van der Waals surface area (Å²) >= 11 is 0. The van der Waals surface area contributed by atoms with Crippen molar-refractivity contribution < 1.29 is 28.6 Å². The Morgan fingerprint density at radius 2 is 0.493 bits per heavy atom. The minimum absolute atomic E-state index is 0.0660. The van der Waals surface area contributed by atoms with Crippen LogP contribution in [0, 0.1) is 0 Å². The van der Waals surface area contributed by atoms with Crippen LogP contribution in [0.3, 0.4) is 0 Å². The lowest BCUT2D eigenvalue weighted by molar-refractivity contribution is -0.167. The number of hydrogen-bond acceptors (Lipinski definition) is 6. The van der Waals surface area contributed by atoms with Gasteiger partial charge in [-0.3, -0.25) is 14.4 Å². The van der Waals surface area contributed by atoms with Gasteiger partial charge in [-0.1, -0.05) is 290 Å². The maximum absolute atomic E-state index is 12.8. The van der Waals surface area contributed by atoms with Crippen LogP contribution in [0.1, 0.15) is 342 Å². The van der Waals surface area contributed by atoms with Gasteiger partial charge in [0.05, 0.1) is 0 Å². The molecule has 0 N–H and O–H groups in total. The molecule has 0 aliphatic heterocycles. The Kier molecular flexibility index (Phi) is 55.2. The summed E-state index contributed by atoms with van der Waals surface area (Å²) in [5.41, 5.74) is 0. The summed E-state index contributed by atoms with van der Waals surface area (Å²) in [6.07, 6.45) is 65.1. The maximum atomic E-state index is 12.8. The second-order valence-electron chi connectivity index (χ2n) is 20.6. The van der Waals surface area contributed by atoms with Crippen LogP contribution in [0.4, 0.5) is 0 Å². The van der Waals surface area contributed by atoms with Crippen LogP contribution in [0.2, 0.25) is 0 Å². The molecule has 0 heterocycles. The van der Waals surface area contributed by atoms with Gasteiger partial charge in [-0.25, -0.2) is 0 Å². The third-order valence-electron chi connectivity index (χ3n) is 13.8. The lowest BCUT2D eigenvalue weighted by Gasteiger charge is -2.18. The van der Waals surface area contributed by atoms with E-state index < -0.39 is 6.10 Å². The predicted octanol–water partition coefficient (Wildman–Crippen LogP) is 20.1. The predicted molar refractivity (Wildman–Crippen MR) is 289 cm³/mol. The number of rotatable bonds is 56. The van der Waals surface area contributed by atoms with Crippen molar-refractivity contribution in [3.63, 3.8) is 0 Å². The van der Waals surface area contributed by atoms with E-state index in [1.807, 2.05) is 0 Å². The number of unbranched alkanes of at least 4 members (excludes halogenated alkanes) is 43. The topological polar surface area (TPSA) is 78.9 Å². The standard InChI is InChI=1S/C61H116O6/c1-4-7-10-13-16-19-21-23-25-27-29-30-31-32-34-35-37-39-42-45-48-51-54-60(63)66-57-58(56-65-59(62)53-50-47-44-41-18-15-12-9-6-3)67-61(64)55-52-49-46-43-40-38-36-33-28-26-24-22-20-17-14-11-8-5-2/h26,28,58H,4-25,27,29-57H2,1-3H3/b28-26-. The molecule has 396 valence electrons. The Bertz CT molecular complexity index is 1040. The molecule has 0 rings (SSSR count). The molecule has 0 aliphatic carbocycles. The van der Waals surface area contributed by atoms with E-state index >= 15 is 0 Å². The second kappa shape index (κ2) is 56.7. The summed E-state index contributed by atoms with van der Waals surface area (Å²) < 4.78 is 16.9. The van der Waals surface area contributed by atoms with Gasteiger partial charge in [-0.15, -0.1) is 0 Å². The van der Waals surface area contributed by atoms with Crippen LogP contribution in [0.15, 0.2) is 12.2 Å². The van der Waals surface area contributed by atoms with E-state index in [0.717, 1.165) is 57.8 Å². The first-order valence-electron chi connectivity index (χ1n) is 30.2. The summed E-state index contributed by atoms with van der Waals surface area (Å²) in [7, 11) is 0. The summed E-state index contributed by atoms with van der Waals surface area (Å²) in [4.78, 5) is 38.1. The number of carbonyl (C=O) groups is 3. The first-order valence-corrected chi connectivity index (χ1v) is 30.2. The highest BCUT2D eigenvalue weighted by Crippen LogP contribution is 2.17. The zero-order valence-corrected chi connectivity index (χ0v) is 45.5. The Balaban J connectivity index is 4.18. The largest absolute Gasteiger partial charge is 0.462 e. The van der Waals surface area contributed by atoms with Crippen molar-refractivity contribution in [1.82, 2.24) is 0 Å². The summed E-state index contributed by atoms with van der Waals surface area (Å²) in [6, 6.07) is 0. The molecule has 1 atom stereocenters. The molecule has 6 heteroatoms. The molecule has 0 aliphatic rings. The molecule has 0 saturated heterocycles. The van der Waals surface area contributed by atoms with Crippen LogP contribution in [0.25, 0.3) is 0 Å². The minimum atomic E-state index is -0.766. The van der Waals surface area contributed by atoms with Crippen LogP contribution in [0.5, 0.6) is 0 Å². The molecular weight excluding hydrogens is 829 g/mol. The molecule has 0 radical (unpaired) electrons. The lowest BCUT2D eigenvalue weighted by Crippen LogP contribution is -2.30. The van der Waals surface area contributed by atoms with E-state index in [2.05, 4.69) is 32.9 Å². The third kappa shape index (κ3) is 55.0. The summed E-state index contributed by atoms with van der Waals surface area (Å²) in [5, 5.41) is 0. The van der Waals surface area contributed by atoms with Gasteiger partial charge >= 0.3 is 17.9 Å². The monoisotopic (exact) mass is 945 g/mol. The van der Waals surface area contributed by atoms with Gasteiger partial charge in [-0.2, -0.15) is 0 Å². The molecule has 6 nitrogen and oxygen atoms in total. The Morgan fingerprint density at radius 3 is 0.746 bits per heavy atom. The fraction of sp³-hybridized carbons (Fsp3) is 0.918. The Labute approximate surface area is 418 Å². The highest BCUT2D eigenvalue weighted by molar-refractivity contribution is 5.71. The van der Waals surface area contributed by atoms with Crippen molar-refractivity contribution in [3.05, 3.63) is 12.2 Å². The molecule has 0 aromatic rings. The van der Waals surface area contributed by atoms with Gasteiger partial charge in [0.2, 0.25) is 0 Å². The molecule has 0 aromatic heterocycles. The van der Waals surface area contributed by atoms with E-state index in [9.17, 15) is 14.4 Å². The molecular formula is C61H116O6. The molecule has 0 spiro atoms. The smallest absolute Gasteiger partial charge is 0.306 e. The van der Waals surface area contributed by atoms with Crippen molar-refractivity contribution in [3.8, 4) is 0 Å². The molecule has 0 aromatic carbocycles. The second-order valence-corrected chi connectivity index (χ2v) is 20.6. The normalized spacial score (nSPS) is 12.0. The first-order chi connectivity index (χ1) is 33.0. The summed E-state index contributed by atoms with van der Waals surface area (Å²) in [5.74, 6) is -0.849. The van der Waals surface area contributed by atoms with E-state index in [0.29, 0.717) is 19.3 Å². The fourth-order valence-electron chi connectivity index (χ4n) is 9.21. The molecule has 1 unspecified atom stereocenters. The van der Waals surface area contributed by atoms with Crippen LogP contribution < -0.4 is 0 Å². The number of hydrogen-bond donors (Lipinski definition) is 0.